The van der Waals surface area contributed by atoms with Gasteiger partial charge in [-0.25, -0.2) is 14.2 Å². The molecule has 0 aliphatic heterocycles. The molecule has 0 atom stereocenters. The molecule has 9 nitrogen and oxygen atoms in total. The van der Waals surface area contributed by atoms with Crippen molar-refractivity contribution in [3.05, 3.63) is 77.2 Å². The van der Waals surface area contributed by atoms with Gasteiger partial charge in [-0.1, -0.05) is 12.1 Å². The molecule has 0 bridgehead atoms. The Hall–Kier alpha value is -4.47. The lowest BCUT2D eigenvalue weighted by Gasteiger charge is -2.15. The summed E-state index contributed by atoms with van der Waals surface area (Å²) in [5, 5.41) is 19.9. The molecule has 0 unspecified atom stereocenters. The summed E-state index contributed by atoms with van der Waals surface area (Å²) in [6.45, 7) is 3.84. The molecule has 5 N–H and O–H groups in total. The second-order valence-corrected chi connectivity index (χ2v) is 7.73. The van der Waals surface area contributed by atoms with Crippen LogP contribution in [0.3, 0.4) is 0 Å². The van der Waals surface area contributed by atoms with Gasteiger partial charge in [0.1, 0.15) is 11.6 Å². The van der Waals surface area contributed by atoms with Crippen molar-refractivity contribution in [1.29, 1.82) is 0 Å². The van der Waals surface area contributed by atoms with Crippen LogP contribution in [-0.4, -0.2) is 34.5 Å². The smallest absolute Gasteiger partial charge is 0.320 e. The van der Waals surface area contributed by atoms with Crippen molar-refractivity contribution in [2.45, 2.75) is 26.7 Å². The lowest BCUT2D eigenvalue weighted by atomic mass is 10.1. The third-order valence-corrected chi connectivity index (χ3v) is 5.00. The van der Waals surface area contributed by atoms with Crippen LogP contribution in [0.1, 0.15) is 34.8 Å². The van der Waals surface area contributed by atoms with E-state index < -0.39 is 17.9 Å². The maximum Gasteiger partial charge on any atom is 0.320 e. The minimum absolute atomic E-state index is 0.0198. The van der Waals surface area contributed by atoms with E-state index in [1.807, 2.05) is 0 Å². The predicted octanol–water partition coefficient (Wildman–Crippen LogP) is 4.68. The molecule has 0 aliphatic rings. The summed E-state index contributed by atoms with van der Waals surface area (Å²) in [5.41, 5.74) is 2.88. The normalized spacial score (nSPS) is 10.4. The number of carbonyl (C=O) groups excluding carboxylic acids is 2. The number of urea groups is 1. The summed E-state index contributed by atoms with van der Waals surface area (Å²) in [4.78, 5) is 39.9. The molecule has 10 heteroatoms. The van der Waals surface area contributed by atoms with Gasteiger partial charge in [0.05, 0.1) is 11.3 Å². The molecule has 0 saturated carbocycles. The molecule has 0 fully saturated rings. The molecule has 0 radical (unpaired) electrons. The molecule has 3 aromatic rings. The first-order valence-electron chi connectivity index (χ1n) is 10.9. The monoisotopic (exact) mass is 479 g/mol. The van der Waals surface area contributed by atoms with Crippen LogP contribution < -0.4 is 21.3 Å². The number of benzene rings is 2. The van der Waals surface area contributed by atoms with E-state index in [1.54, 1.807) is 44.2 Å². The Bertz CT molecular complexity index is 1230. The fourth-order valence-electron chi connectivity index (χ4n) is 3.21. The standard InChI is InChI=1S/C25H26FN5O4/c1-3-27-25(35)31-22-13-21(29-18-9-10-20(26)15(2)12-18)19(14-28-22)24(34)30-17-7-4-16(5-8-17)6-11-23(32)33/h4-5,7-10,12-14H,3,6,11H2,1-2H3,(H,30,34)(H,32,33)(H3,27,28,29,31,35). The van der Waals surface area contributed by atoms with Crippen LogP contribution in [0, 0.1) is 12.7 Å². The minimum Gasteiger partial charge on any atom is -0.481 e. The third kappa shape index (κ3) is 7.26. The Kier molecular flexibility index (Phi) is 8.33. The lowest BCUT2D eigenvalue weighted by Crippen LogP contribution is -2.28. The van der Waals surface area contributed by atoms with Crippen molar-refractivity contribution in [1.82, 2.24) is 10.3 Å². The maximum absolute atomic E-state index is 13.7. The van der Waals surface area contributed by atoms with Crippen molar-refractivity contribution >= 4 is 40.8 Å². The van der Waals surface area contributed by atoms with E-state index in [2.05, 4.69) is 26.3 Å². The second kappa shape index (κ2) is 11.6. The van der Waals surface area contributed by atoms with Crippen LogP contribution in [-0.2, 0) is 11.2 Å². The van der Waals surface area contributed by atoms with Crippen molar-refractivity contribution in [3.63, 3.8) is 0 Å². The predicted molar refractivity (Wildman–Crippen MR) is 132 cm³/mol. The van der Waals surface area contributed by atoms with Crippen molar-refractivity contribution < 1.29 is 23.9 Å². The van der Waals surface area contributed by atoms with Gasteiger partial charge >= 0.3 is 12.0 Å². The van der Waals surface area contributed by atoms with E-state index in [0.717, 1.165) is 5.56 Å². The number of carboxylic acids is 1. The van der Waals surface area contributed by atoms with E-state index >= 15 is 0 Å². The van der Waals surface area contributed by atoms with E-state index in [9.17, 15) is 18.8 Å². The van der Waals surface area contributed by atoms with Gasteiger partial charge in [-0.3, -0.25) is 14.9 Å². The number of hydrogen-bond donors (Lipinski definition) is 5. The van der Waals surface area contributed by atoms with Gasteiger partial charge in [-0.05, 0) is 61.7 Å². The van der Waals surface area contributed by atoms with Crippen molar-refractivity contribution in [2.24, 2.45) is 0 Å². The summed E-state index contributed by atoms with van der Waals surface area (Å²) < 4.78 is 13.7. The zero-order valence-corrected chi connectivity index (χ0v) is 19.3. The minimum atomic E-state index is -0.878. The van der Waals surface area contributed by atoms with Gasteiger partial charge in [-0.15, -0.1) is 0 Å². The van der Waals surface area contributed by atoms with Crippen LogP contribution in [0.15, 0.2) is 54.7 Å². The van der Waals surface area contributed by atoms with Crippen LogP contribution in [0.4, 0.5) is 32.1 Å². The molecule has 3 rings (SSSR count). The van der Waals surface area contributed by atoms with Gasteiger partial charge in [0.15, 0.2) is 0 Å². The lowest BCUT2D eigenvalue weighted by molar-refractivity contribution is -0.136. The zero-order chi connectivity index (χ0) is 25.4. The molecule has 2 aromatic carbocycles. The highest BCUT2D eigenvalue weighted by atomic mass is 19.1. The Morgan fingerprint density at radius 1 is 1.00 bits per heavy atom. The second-order valence-electron chi connectivity index (χ2n) is 7.73. The summed E-state index contributed by atoms with van der Waals surface area (Å²) in [6.07, 6.45) is 1.74. The maximum atomic E-state index is 13.7. The number of anilines is 4. The first-order chi connectivity index (χ1) is 16.7. The van der Waals surface area contributed by atoms with Crippen LogP contribution >= 0.6 is 0 Å². The van der Waals surface area contributed by atoms with E-state index in [1.165, 1.54) is 24.4 Å². The molecule has 1 heterocycles. The average Bonchev–Trinajstić information content (AvgIpc) is 2.81. The number of nitrogens with zero attached hydrogens (tertiary/aromatic N) is 1. The van der Waals surface area contributed by atoms with Crippen molar-refractivity contribution in [3.8, 4) is 0 Å². The first-order valence-corrected chi connectivity index (χ1v) is 10.9. The molecule has 182 valence electrons. The fraction of sp³-hybridized carbons (Fsp3) is 0.200. The number of carbonyl (C=O) groups is 3. The molecule has 0 saturated heterocycles. The van der Waals surface area contributed by atoms with Gasteiger partial charge in [-0.2, -0.15) is 0 Å². The summed E-state index contributed by atoms with van der Waals surface area (Å²) in [7, 11) is 0. The quantitative estimate of drug-likeness (QED) is 0.303. The number of halogens is 1. The molecule has 3 amide bonds. The highest BCUT2D eigenvalue weighted by Gasteiger charge is 2.16. The number of amides is 3. The van der Waals surface area contributed by atoms with E-state index in [0.29, 0.717) is 35.6 Å². The van der Waals surface area contributed by atoms with Crippen LogP contribution in [0.5, 0.6) is 0 Å². The summed E-state index contributed by atoms with van der Waals surface area (Å²) in [5.74, 6) is -1.47. The molecule has 0 spiro atoms. The number of carboxylic acid groups (broad SMARTS) is 1. The first kappa shape index (κ1) is 25.2. The fourth-order valence-corrected chi connectivity index (χ4v) is 3.21. The number of aliphatic carboxylic acids is 1. The highest BCUT2D eigenvalue weighted by Crippen LogP contribution is 2.26. The Morgan fingerprint density at radius 2 is 1.71 bits per heavy atom. The summed E-state index contributed by atoms with van der Waals surface area (Å²) in [6, 6.07) is 12.4. The SMILES string of the molecule is CCNC(=O)Nc1cc(Nc2ccc(F)c(C)c2)c(C(=O)Nc2ccc(CCC(=O)O)cc2)cn1. The molecular formula is C25H26FN5O4. The van der Waals surface area contributed by atoms with Gasteiger partial charge in [0, 0.05) is 36.6 Å². The van der Waals surface area contributed by atoms with Gasteiger partial charge in [0.25, 0.3) is 5.91 Å². The number of aromatic nitrogens is 1. The molecular weight excluding hydrogens is 453 g/mol. The largest absolute Gasteiger partial charge is 0.481 e. The van der Waals surface area contributed by atoms with Crippen LogP contribution in [0.25, 0.3) is 0 Å². The number of aryl methyl sites for hydroxylation is 2. The van der Waals surface area contributed by atoms with Crippen LogP contribution in [0.2, 0.25) is 0 Å². The number of pyridine rings is 1. The van der Waals surface area contributed by atoms with E-state index in [-0.39, 0.29) is 23.6 Å². The third-order valence-electron chi connectivity index (χ3n) is 5.00. The van der Waals surface area contributed by atoms with Gasteiger partial charge < -0.3 is 21.1 Å². The number of hydrogen-bond acceptors (Lipinski definition) is 5. The van der Waals surface area contributed by atoms with Gasteiger partial charge in [0.2, 0.25) is 0 Å². The Morgan fingerprint density at radius 3 is 2.37 bits per heavy atom. The Labute approximate surface area is 201 Å². The van der Waals surface area contributed by atoms with Crippen molar-refractivity contribution in [2.75, 3.05) is 22.5 Å². The van der Waals surface area contributed by atoms with E-state index in [4.69, 9.17) is 5.11 Å². The number of rotatable bonds is 9. The molecule has 0 aliphatic carbocycles. The average molecular weight is 480 g/mol. The Balaban J connectivity index is 1.84. The zero-order valence-electron chi connectivity index (χ0n) is 19.3. The summed E-state index contributed by atoms with van der Waals surface area (Å²) >= 11 is 0. The molecule has 35 heavy (non-hydrogen) atoms. The number of nitrogens with one attached hydrogen (secondary N) is 4. The molecule has 1 aromatic heterocycles. The highest BCUT2D eigenvalue weighted by molar-refractivity contribution is 6.08. The topological polar surface area (TPSA) is 132 Å².